The Morgan fingerprint density at radius 2 is 1.29 bits per heavy atom. The van der Waals surface area contributed by atoms with Crippen LogP contribution in [0.25, 0.3) is 0 Å². The number of carbonyl (C=O) groups is 11. The van der Waals surface area contributed by atoms with Crippen molar-refractivity contribution in [3.8, 4) is 0 Å². The van der Waals surface area contributed by atoms with E-state index in [1.54, 1.807) is 6.26 Å². The number of nitrogens with one attached hydrogen (secondary N) is 8. The highest BCUT2D eigenvalue weighted by molar-refractivity contribution is 7.98. The van der Waals surface area contributed by atoms with Gasteiger partial charge < -0.3 is 85.7 Å². The number of nitrogens with zero attached hydrogens (tertiary/aromatic N) is 2. The monoisotopic (exact) mass is 1100 g/mol. The van der Waals surface area contributed by atoms with Gasteiger partial charge in [-0.25, -0.2) is 4.79 Å². The number of carboxylic acids is 2. The van der Waals surface area contributed by atoms with Crippen LogP contribution in [0.4, 0.5) is 0 Å². The summed E-state index contributed by atoms with van der Waals surface area (Å²) in [7, 11) is 0. The molecule has 1 rings (SSSR count). The predicted molar refractivity (Wildman–Crippen MR) is 280 cm³/mol. The van der Waals surface area contributed by atoms with E-state index in [0.29, 0.717) is 31.4 Å². The molecule has 0 unspecified atom stereocenters. The number of amides is 9. The molecule has 1 fully saturated rings. The van der Waals surface area contributed by atoms with Gasteiger partial charge in [-0.1, -0.05) is 27.7 Å². The molecule has 30 heteroatoms. The molecule has 1 heterocycles. The van der Waals surface area contributed by atoms with Gasteiger partial charge in [0.1, 0.15) is 48.3 Å². The van der Waals surface area contributed by atoms with Crippen LogP contribution in [0.3, 0.4) is 0 Å². The third kappa shape index (κ3) is 24.9. The molecule has 1 aliphatic rings. The quantitative estimate of drug-likeness (QED) is 0.0121. The molecule has 9 amide bonds. The Bertz CT molecular complexity index is 1980. The lowest BCUT2D eigenvalue weighted by molar-refractivity contribution is -0.144. The van der Waals surface area contributed by atoms with Gasteiger partial charge in [0.2, 0.25) is 53.2 Å². The van der Waals surface area contributed by atoms with Crippen LogP contribution in [0, 0.1) is 11.8 Å². The Morgan fingerprint density at radius 1 is 0.720 bits per heavy atom. The van der Waals surface area contributed by atoms with E-state index < -0.39 is 145 Å². The van der Waals surface area contributed by atoms with E-state index in [1.807, 2.05) is 13.8 Å². The van der Waals surface area contributed by atoms with Crippen molar-refractivity contribution in [3.05, 3.63) is 0 Å². The number of nitrogens with two attached hydrogens (primary N) is 4. The molecule has 0 aromatic heterocycles. The molecule has 19 N–H and O–H groups in total. The number of guanidine groups is 1. The Kier molecular flexibility index (Phi) is 31.6. The number of thiol groups is 1. The maximum absolute atomic E-state index is 14.2. The minimum absolute atomic E-state index is 0.0182. The SMILES string of the molecule is CSCC[C@H](NC(=O)[C@@H]1CCCN1C(=O)[C@H](CCCCN)NC(=O)CNC(=O)[C@H](CS)NC(=O)[C@H](CCCN=C(N)N)NC(=O)[C@H](CO)NC(=O)[C@@H](N)CC(C)C)C(=O)N[C@@H](CC(=O)O)C(=O)N[C@H](C(=O)O)C(C)C. The second-order valence-corrected chi connectivity index (χ2v) is 20.0. The average Bonchev–Trinajstić information content (AvgIpc) is 3.84. The summed E-state index contributed by atoms with van der Waals surface area (Å²) < 4.78 is 0. The van der Waals surface area contributed by atoms with Gasteiger partial charge in [-0.15, -0.1) is 0 Å². The normalized spacial score (nSPS) is 16.4. The second-order valence-electron chi connectivity index (χ2n) is 18.6. The number of hydrogen-bond acceptors (Lipinski definition) is 17. The number of carboxylic acid groups (broad SMARTS) is 2. The highest BCUT2D eigenvalue weighted by Gasteiger charge is 2.40. The fourth-order valence-corrected chi connectivity index (χ4v) is 8.31. The summed E-state index contributed by atoms with van der Waals surface area (Å²) in [5.41, 5.74) is 22.4. The van der Waals surface area contributed by atoms with Gasteiger partial charge in [-0.2, -0.15) is 24.4 Å². The number of aliphatic hydroxyl groups is 1. The number of aliphatic imine (C=N–C) groups is 1. The van der Waals surface area contributed by atoms with E-state index in [2.05, 4.69) is 60.2 Å². The summed E-state index contributed by atoms with van der Waals surface area (Å²) in [5.74, 6) is -11.2. The van der Waals surface area contributed by atoms with Gasteiger partial charge >= 0.3 is 11.9 Å². The molecule has 0 bridgehead atoms. The van der Waals surface area contributed by atoms with Crippen molar-refractivity contribution in [1.29, 1.82) is 0 Å². The third-order valence-corrected chi connectivity index (χ3v) is 12.6. The lowest BCUT2D eigenvalue weighted by Crippen LogP contribution is -2.59. The smallest absolute Gasteiger partial charge is 0.326 e. The second kappa shape index (κ2) is 35.3. The van der Waals surface area contributed by atoms with E-state index in [0.717, 1.165) is 0 Å². The molecule has 28 nitrogen and oxygen atoms in total. The molecule has 426 valence electrons. The van der Waals surface area contributed by atoms with Gasteiger partial charge in [0.15, 0.2) is 5.96 Å². The number of aliphatic carboxylic acids is 2. The van der Waals surface area contributed by atoms with Crippen molar-refractivity contribution in [3.63, 3.8) is 0 Å². The van der Waals surface area contributed by atoms with Crippen molar-refractivity contribution in [2.75, 3.05) is 50.5 Å². The first kappa shape index (κ1) is 67.0. The van der Waals surface area contributed by atoms with E-state index in [9.17, 15) is 68.1 Å². The standard InChI is InChI=1S/C45H80N14O14S2/c1-23(2)18-25(47)36(64)56-30(21-60)41(69)53-26(11-8-15-50-45(48)49)38(66)57-31(22-74)37(65)51-20-33(61)52-28(10-6-7-14-46)43(71)59-16-9-12-32(59)42(70)54-27(13-17-75-5)39(67)55-29(19-34(62)63)40(68)58-35(24(3)4)44(72)73/h23-32,35,60,74H,6-22,46-47H2,1-5H3,(H,51,65)(H,52,61)(H,53,69)(H,54,70)(H,55,67)(H,56,64)(H,57,66)(H,58,68)(H,62,63)(H,72,73)(H4,48,49,50)/t25-,26-,27-,28-,29-,30-,31-,32-,35-/m0/s1. The Morgan fingerprint density at radius 3 is 1.84 bits per heavy atom. The molecule has 1 aliphatic heterocycles. The van der Waals surface area contributed by atoms with Crippen LogP contribution in [0.2, 0.25) is 0 Å². The number of hydrogen-bond donors (Lipinski definition) is 16. The maximum Gasteiger partial charge on any atom is 0.326 e. The highest BCUT2D eigenvalue weighted by atomic mass is 32.2. The van der Waals surface area contributed by atoms with Gasteiger partial charge in [0, 0.05) is 18.8 Å². The van der Waals surface area contributed by atoms with Crippen LogP contribution < -0.4 is 65.5 Å². The van der Waals surface area contributed by atoms with E-state index >= 15 is 0 Å². The first-order chi connectivity index (χ1) is 35.3. The maximum atomic E-state index is 14.2. The van der Waals surface area contributed by atoms with E-state index in [1.165, 1.54) is 30.5 Å². The number of aliphatic hydroxyl groups excluding tert-OH is 1. The molecule has 1 saturated heterocycles. The summed E-state index contributed by atoms with van der Waals surface area (Å²) in [5, 5.41) is 48.5. The number of carbonyl (C=O) groups excluding carboxylic acids is 9. The topological polar surface area (TPSA) is 464 Å². The fourth-order valence-electron chi connectivity index (χ4n) is 7.58. The molecule has 0 aromatic carbocycles. The van der Waals surface area contributed by atoms with Gasteiger partial charge in [0.05, 0.1) is 25.6 Å². The molecule has 0 saturated carbocycles. The lowest BCUT2D eigenvalue weighted by atomic mass is 10.0. The highest BCUT2D eigenvalue weighted by Crippen LogP contribution is 2.21. The molecular weight excluding hydrogens is 1020 g/mol. The first-order valence-electron chi connectivity index (χ1n) is 24.7. The van der Waals surface area contributed by atoms with Crippen LogP contribution >= 0.6 is 24.4 Å². The summed E-state index contributed by atoms with van der Waals surface area (Å²) in [4.78, 5) is 150. The molecular formula is C45H80N14O14S2. The molecule has 0 aliphatic carbocycles. The number of rotatable bonds is 36. The number of likely N-dealkylation sites (tertiary alicyclic amines) is 1. The van der Waals surface area contributed by atoms with E-state index in [-0.39, 0.29) is 69.4 Å². The van der Waals surface area contributed by atoms with Crippen LogP contribution in [0.5, 0.6) is 0 Å². The van der Waals surface area contributed by atoms with Gasteiger partial charge in [0.25, 0.3) is 0 Å². The van der Waals surface area contributed by atoms with Gasteiger partial charge in [-0.3, -0.25) is 52.9 Å². The fraction of sp³-hybridized carbons (Fsp3) is 0.733. The minimum atomic E-state index is -1.71. The third-order valence-electron chi connectivity index (χ3n) is 11.6. The Hall–Kier alpha value is -5.98. The molecule has 0 radical (unpaired) electrons. The number of unbranched alkanes of at least 4 members (excludes halogenated alkanes) is 1. The summed E-state index contributed by atoms with van der Waals surface area (Å²) in [6, 6.07) is -12.0. The molecule has 75 heavy (non-hydrogen) atoms. The Balaban J connectivity index is 3.21. The molecule has 9 atom stereocenters. The Labute approximate surface area is 446 Å². The number of thioether (sulfide) groups is 1. The minimum Gasteiger partial charge on any atom is -0.481 e. The van der Waals surface area contributed by atoms with E-state index in [4.69, 9.17) is 22.9 Å². The predicted octanol–water partition coefficient (Wildman–Crippen LogP) is -5.07. The van der Waals surface area contributed by atoms with Crippen molar-refractivity contribution >= 4 is 95.5 Å². The van der Waals surface area contributed by atoms with Crippen molar-refractivity contribution < 1.29 is 68.1 Å². The molecule has 0 spiro atoms. The van der Waals surface area contributed by atoms with Crippen LogP contribution in [-0.2, 0) is 52.7 Å². The van der Waals surface area contributed by atoms with Crippen molar-refractivity contribution in [2.45, 2.75) is 146 Å². The van der Waals surface area contributed by atoms with Crippen LogP contribution in [-0.4, -0.2) is 196 Å². The summed E-state index contributed by atoms with van der Waals surface area (Å²) >= 11 is 5.51. The summed E-state index contributed by atoms with van der Waals surface area (Å²) in [6.45, 7) is 5.60. The average molecular weight is 1110 g/mol. The summed E-state index contributed by atoms with van der Waals surface area (Å²) in [6.07, 6.45) is 2.65. The first-order valence-corrected chi connectivity index (χ1v) is 26.7. The van der Waals surface area contributed by atoms with Crippen molar-refractivity contribution in [1.82, 2.24) is 47.4 Å². The van der Waals surface area contributed by atoms with Crippen LogP contribution in [0.15, 0.2) is 4.99 Å². The van der Waals surface area contributed by atoms with Crippen LogP contribution in [0.1, 0.15) is 91.9 Å². The molecule has 0 aromatic rings. The van der Waals surface area contributed by atoms with Crippen molar-refractivity contribution in [2.24, 2.45) is 39.8 Å². The van der Waals surface area contributed by atoms with Gasteiger partial charge in [-0.05, 0) is 88.2 Å². The zero-order valence-corrected chi connectivity index (χ0v) is 45.0. The zero-order valence-electron chi connectivity index (χ0n) is 43.3. The largest absolute Gasteiger partial charge is 0.481 e. The zero-order chi connectivity index (χ0) is 56.9. The lowest BCUT2D eigenvalue weighted by Gasteiger charge is -2.30.